The standard InChI is InChI=1S/C10H11N2OS/c1-3-10(2,8-4-6-13-12-8)9-11-5-7-14-9/h4-7H,2-3H2,1H3. The monoisotopic (exact) mass is 207 g/mol. The Labute approximate surface area is 86.8 Å². The number of thiazole rings is 1. The van der Waals surface area contributed by atoms with Crippen LogP contribution in [-0.4, -0.2) is 10.1 Å². The van der Waals surface area contributed by atoms with E-state index in [0.717, 1.165) is 17.1 Å². The minimum Gasteiger partial charge on any atom is -0.364 e. The fourth-order valence-corrected chi connectivity index (χ4v) is 2.21. The van der Waals surface area contributed by atoms with Gasteiger partial charge in [0.25, 0.3) is 0 Å². The molecule has 0 aromatic carbocycles. The molecule has 0 saturated heterocycles. The Morgan fingerprint density at radius 1 is 1.64 bits per heavy atom. The molecular weight excluding hydrogens is 196 g/mol. The third-order valence-electron chi connectivity index (χ3n) is 2.37. The van der Waals surface area contributed by atoms with Gasteiger partial charge in [0.15, 0.2) is 0 Å². The van der Waals surface area contributed by atoms with Crippen molar-refractivity contribution in [2.75, 3.05) is 0 Å². The molecule has 73 valence electrons. The second-order valence-electron chi connectivity index (χ2n) is 3.16. The topological polar surface area (TPSA) is 38.9 Å². The first-order valence-corrected chi connectivity index (χ1v) is 5.31. The molecule has 2 rings (SSSR count). The van der Waals surface area contributed by atoms with E-state index >= 15 is 0 Å². The summed E-state index contributed by atoms with van der Waals surface area (Å²) in [6, 6.07) is 1.85. The van der Waals surface area contributed by atoms with Gasteiger partial charge >= 0.3 is 0 Å². The number of hydrogen-bond donors (Lipinski definition) is 0. The van der Waals surface area contributed by atoms with Gasteiger partial charge in [-0.05, 0) is 13.3 Å². The molecule has 2 heterocycles. The van der Waals surface area contributed by atoms with Gasteiger partial charge in [0, 0.05) is 17.6 Å². The van der Waals surface area contributed by atoms with E-state index in [9.17, 15) is 0 Å². The van der Waals surface area contributed by atoms with Crippen molar-refractivity contribution in [3.05, 3.63) is 41.5 Å². The lowest BCUT2D eigenvalue weighted by molar-refractivity contribution is 0.397. The van der Waals surface area contributed by atoms with Crippen LogP contribution in [0.15, 0.2) is 28.4 Å². The van der Waals surface area contributed by atoms with Crippen molar-refractivity contribution in [3.8, 4) is 0 Å². The minimum absolute atomic E-state index is 0.360. The molecule has 3 nitrogen and oxygen atoms in total. The van der Waals surface area contributed by atoms with E-state index in [1.165, 1.54) is 0 Å². The molecule has 4 heteroatoms. The third kappa shape index (κ3) is 1.35. The Morgan fingerprint density at radius 2 is 2.50 bits per heavy atom. The molecule has 0 aliphatic rings. The Kier molecular flexibility index (Phi) is 2.37. The quantitative estimate of drug-likeness (QED) is 0.776. The first-order valence-electron chi connectivity index (χ1n) is 4.43. The summed E-state index contributed by atoms with van der Waals surface area (Å²) in [7, 11) is 0. The van der Waals surface area contributed by atoms with Crippen LogP contribution in [0.2, 0.25) is 0 Å². The predicted molar refractivity (Wildman–Crippen MR) is 55.0 cm³/mol. The number of hydrogen-bond acceptors (Lipinski definition) is 4. The van der Waals surface area contributed by atoms with Gasteiger partial charge in [0.05, 0.1) is 11.1 Å². The Hall–Kier alpha value is -1.16. The lowest BCUT2D eigenvalue weighted by Gasteiger charge is -2.22. The van der Waals surface area contributed by atoms with Gasteiger partial charge in [-0.1, -0.05) is 12.1 Å². The summed E-state index contributed by atoms with van der Waals surface area (Å²) < 4.78 is 4.85. The molecule has 0 N–H and O–H groups in total. The highest BCUT2D eigenvalue weighted by Crippen LogP contribution is 2.34. The second kappa shape index (κ2) is 3.53. The molecule has 0 amide bonds. The minimum atomic E-state index is -0.360. The van der Waals surface area contributed by atoms with E-state index in [1.807, 2.05) is 11.4 Å². The predicted octanol–water partition coefficient (Wildman–Crippen LogP) is 2.66. The highest BCUT2D eigenvalue weighted by molar-refractivity contribution is 7.09. The number of nitrogens with zero attached hydrogens (tertiary/aromatic N) is 2. The van der Waals surface area contributed by atoms with Gasteiger partial charge in [-0.25, -0.2) is 4.98 Å². The van der Waals surface area contributed by atoms with Crippen molar-refractivity contribution in [2.45, 2.75) is 18.8 Å². The normalized spacial score (nSPS) is 15.3. The highest BCUT2D eigenvalue weighted by atomic mass is 32.1. The Balaban J connectivity index is 2.45. The van der Waals surface area contributed by atoms with E-state index in [4.69, 9.17) is 4.52 Å². The van der Waals surface area contributed by atoms with E-state index in [-0.39, 0.29) is 5.41 Å². The molecule has 0 spiro atoms. The average molecular weight is 207 g/mol. The molecule has 2 aromatic heterocycles. The SMILES string of the molecule is [CH2]C(CC)(c1ccon1)c1nccs1. The fraction of sp³-hybridized carbons (Fsp3) is 0.300. The summed E-state index contributed by atoms with van der Waals surface area (Å²) >= 11 is 1.60. The van der Waals surface area contributed by atoms with Crippen LogP contribution >= 0.6 is 11.3 Å². The van der Waals surface area contributed by atoms with Crippen LogP contribution in [0.4, 0.5) is 0 Å². The summed E-state index contributed by atoms with van der Waals surface area (Å²) in [4.78, 5) is 4.29. The van der Waals surface area contributed by atoms with Crippen LogP contribution in [0.1, 0.15) is 24.0 Å². The van der Waals surface area contributed by atoms with Crippen LogP contribution in [0.5, 0.6) is 0 Å². The fourth-order valence-electron chi connectivity index (χ4n) is 1.36. The maximum atomic E-state index is 4.85. The Bertz CT molecular complexity index is 346. The van der Waals surface area contributed by atoms with Crippen LogP contribution in [0.25, 0.3) is 0 Å². The van der Waals surface area contributed by atoms with Crippen molar-refractivity contribution in [1.82, 2.24) is 10.1 Å². The first kappa shape index (κ1) is 9.40. The van der Waals surface area contributed by atoms with Gasteiger partial charge < -0.3 is 4.52 Å². The van der Waals surface area contributed by atoms with Crippen molar-refractivity contribution in [2.24, 2.45) is 0 Å². The van der Waals surface area contributed by atoms with Crippen molar-refractivity contribution >= 4 is 11.3 Å². The maximum absolute atomic E-state index is 4.85. The maximum Gasteiger partial charge on any atom is 0.124 e. The summed E-state index contributed by atoms with van der Waals surface area (Å²) in [6.07, 6.45) is 4.21. The van der Waals surface area contributed by atoms with E-state index in [0.29, 0.717) is 0 Å². The van der Waals surface area contributed by atoms with Crippen LogP contribution in [0, 0.1) is 6.92 Å². The van der Waals surface area contributed by atoms with Gasteiger partial charge in [-0.15, -0.1) is 11.3 Å². The summed E-state index contributed by atoms with van der Waals surface area (Å²) in [5, 5.41) is 6.87. The summed E-state index contributed by atoms with van der Waals surface area (Å²) in [6.45, 7) is 6.27. The van der Waals surface area contributed by atoms with E-state index in [2.05, 4.69) is 24.0 Å². The van der Waals surface area contributed by atoms with Gasteiger partial charge in [0.1, 0.15) is 11.3 Å². The van der Waals surface area contributed by atoms with Gasteiger partial charge in [-0.2, -0.15) is 0 Å². The van der Waals surface area contributed by atoms with Crippen LogP contribution in [0.3, 0.4) is 0 Å². The van der Waals surface area contributed by atoms with Gasteiger partial charge in [0.2, 0.25) is 0 Å². The molecule has 0 bridgehead atoms. The van der Waals surface area contributed by atoms with Crippen LogP contribution < -0.4 is 0 Å². The third-order valence-corrected chi connectivity index (χ3v) is 3.35. The lowest BCUT2D eigenvalue weighted by Crippen LogP contribution is -2.23. The lowest BCUT2D eigenvalue weighted by atomic mass is 9.85. The molecule has 0 saturated carbocycles. The molecule has 1 radical (unpaired) electrons. The molecular formula is C10H11N2OS. The largest absolute Gasteiger partial charge is 0.364 e. The zero-order valence-electron chi connectivity index (χ0n) is 7.93. The van der Waals surface area contributed by atoms with Crippen molar-refractivity contribution in [3.63, 3.8) is 0 Å². The number of rotatable bonds is 3. The van der Waals surface area contributed by atoms with E-state index < -0.39 is 0 Å². The molecule has 14 heavy (non-hydrogen) atoms. The molecule has 0 aliphatic carbocycles. The first-order chi connectivity index (χ1) is 6.77. The smallest absolute Gasteiger partial charge is 0.124 e. The summed E-state index contributed by atoms with van der Waals surface area (Å²) in [5.74, 6) is 0. The zero-order chi connectivity index (χ0) is 10.0. The van der Waals surface area contributed by atoms with Crippen molar-refractivity contribution < 1.29 is 4.52 Å². The summed E-state index contributed by atoms with van der Waals surface area (Å²) in [5.41, 5.74) is 0.483. The molecule has 1 atom stereocenters. The van der Waals surface area contributed by atoms with E-state index in [1.54, 1.807) is 23.8 Å². The highest BCUT2D eigenvalue weighted by Gasteiger charge is 2.32. The van der Waals surface area contributed by atoms with Crippen molar-refractivity contribution in [1.29, 1.82) is 0 Å². The molecule has 0 fully saturated rings. The molecule has 0 aliphatic heterocycles. The zero-order valence-corrected chi connectivity index (χ0v) is 8.75. The van der Waals surface area contributed by atoms with Gasteiger partial charge in [-0.3, -0.25) is 0 Å². The van der Waals surface area contributed by atoms with Crippen LogP contribution in [-0.2, 0) is 5.41 Å². The Morgan fingerprint density at radius 3 is 3.00 bits per heavy atom. The molecule has 1 unspecified atom stereocenters. The average Bonchev–Trinajstić information content (AvgIpc) is 2.88. The molecule has 2 aromatic rings. The number of aromatic nitrogens is 2. The second-order valence-corrected chi connectivity index (χ2v) is 4.05.